The van der Waals surface area contributed by atoms with Gasteiger partial charge in [0, 0.05) is 11.6 Å². The van der Waals surface area contributed by atoms with Crippen molar-refractivity contribution < 1.29 is 4.39 Å². The smallest absolute Gasteiger partial charge is 0.170 e. The molecule has 0 radical (unpaired) electrons. The summed E-state index contributed by atoms with van der Waals surface area (Å²) in [7, 11) is 0. The Morgan fingerprint density at radius 1 is 1.15 bits per heavy atom. The highest BCUT2D eigenvalue weighted by molar-refractivity contribution is 7.80. The highest BCUT2D eigenvalue weighted by Gasteiger charge is 2.04. The van der Waals surface area contributed by atoms with Gasteiger partial charge in [-0.15, -0.1) is 0 Å². The molecule has 0 saturated heterocycles. The molecule has 2 rings (SSSR count). The van der Waals surface area contributed by atoms with Crippen LogP contribution in [-0.2, 0) is 6.42 Å². The number of thiocarbonyl (C=S) groups is 1. The van der Waals surface area contributed by atoms with Crippen LogP contribution in [-0.4, -0.2) is 11.7 Å². The third-order valence-corrected chi connectivity index (χ3v) is 3.20. The molecule has 0 bridgehead atoms. The zero-order valence-corrected chi connectivity index (χ0v) is 12.3. The molecule has 0 aliphatic rings. The summed E-state index contributed by atoms with van der Waals surface area (Å²) >= 11 is 10.8. The highest BCUT2D eigenvalue weighted by Crippen LogP contribution is 2.18. The van der Waals surface area contributed by atoms with E-state index in [-0.39, 0.29) is 0 Å². The lowest BCUT2D eigenvalue weighted by atomic mass is 10.1. The molecule has 2 aromatic carbocycles. The molecule has 5 heteroatoms. The summed E-state index contributed by atoms with van der Waals surface area (Å²) in [6.07, 6.45) is 0.853. The summed E-state index contributed by atoms with van der Waals surface area (Å²) in [5, 5.41) is 6.60. The van der Waals surface area contributed by atoms with Gasteiger partial charge < -0.3 is 10.6 Å². The van der Waals surface area contributed by atoms with Crippen molar-refractivity contribution in [2.45, 2.75) is 6.42 Å². The standard InChI is InChI=1S/C15H14ClFN2S/c16-12-6-7-14(13(17)10-12)19-15(20)18-9-8-11-4-2-1-3-5-11/h1-7,10H,8-9H2,(H2,18,19,20). The van der Waals surface area contributed by atoms with Crippen molar-refractivity contribution in [3.8, 4) is 0 Å². The topological polar surface area (TPSA) is 24.1 Å². The van der Waals surface area contributed by atoms with Crippen LogP contribution < -0.4 is 10.6 Å². The Hall–Kier alpha value is -1.65. The molecular weight excluding hydrogens is 295 g/mol. The van der Waals surface area contributed by atoms with Crippen molar-refractivity contribution in [2.24, 2.45) is 0 Å². The van der Waals surface area contributed by atoms with Crippen molar-refractivity contribution in [3.63, 3.8) is 0 Å². The first-order chi connectivity index (χ1) is 9.65. The van der Waals surface area contributed by atoms with Crippen LogP contribution in [0.15, 0.2) is 48.5 Å². The molecule has 0 spiro atoms. The van der Waals surface area contributed by atoms with Gasteiger partial charge in [-0.25, -0.2) is 4.39 Å². The number of rotatable bonds is 4. The summed E-state index contributed by atoms with van der Waals surface area (Å²) in [4.78, 5) is 0. The highest BCUT2D eigenvalue weighted by atomic mass is 35.5. The number of benzene rings is 2. The summed E-state index contributed by atoms with van der Waals surface area (Å²) in [6, 6.07) is 14.5. The molecule has 0 fully saturated rings. The van der Waals surface area contributed by atoms with Crippen LogP contribution in [0.25, 0.3) is 0 Å². The lowest BCUT2D eigenvalue weighted by Crippen LogP contribution is -2.30. The molecule has 2 N–H and O–H groups in total. The number of nitrogens with one attached hydrogen (secondary N) is 2. The largest absolute Gasteiger partial charge is 0.362 e. The summed E-state index contributed by atoms with van der Waals surface area (Å²) < 4.78 is 13.6. The van der Waals surface area contributed by atoms with Crippen molar-refractivity contribution in [1.82, 2.24) is 5.32 Å². The zero-order chi connectivity index (χ0) is 14.4. The maximum absolute atomic E-state index is 13.6. The summed E-state index contributed by atoms with van der Waals surface area (Å²) in [6.45, 7) is 0.686. The second-order valence-electron chi connectivity index (χ2n) is 4.24. The number of hydrogen-bond acceptors (Lipinski definition) is 1. The van der Waals surface area contributed by atoms with Crippen LogP contribution in [0, 0.1) is 5.82 Å². The molecule has 0 saturated carbocycles. The van der Waals surface area contributed by atoms with Gasteiger partial charge in [0.25, 0.3) is 0 Å². The van der Waals surface area contributed by atoms with Gasteiger partial charge in [-0.2, -0.15) is 0 Å². The van der Waals surface area contributed by atoms with E-state index >= 15 is 0 Å². The molecule has 0 amide bonds. The maximum Gasteiger partial charge on any atom is 0.170 e. The Morgan fingerprint density at radius 2 is 1.90 bits per heavy atom. The fraction of sp³-hybridized carbons (Fsp3) is 0.133. The van der Waals surface area contributed by atoms with Crippen LogP contribution in [0.1, 0.15) is 5.56 Å². The van der Waals surface area contributed by atoms with Gasteiger partial charge in [-0.1, -0.05) is 41.9 Å². The van der Waals surface area contributed by atoms with E-state index in [9.17, 15) is 4.39 Å². The Morgan fingerprint density at radius 3 is 2.60 bits per heavy atom. The minimum atomic E-state index is -0.426. The predicted molar refractivity (Wildman–Crippen MR) is 85.8 cm³/mol. The molecule has 0 unspecified atom stereocenters. The van der Waals surface area contributed by atoms with Gasteiger partial charge in [0.05, 0.1) is 5.69 Å². The molecule has 0 heterocycles. The van der Waals surface area contributed by atoms with E-state index in [2.05, 4.69) is 22.8 Å². The molecular formula is C15H14ClFN2S. The van der Waals surface area contributed by atoms with Crippen molar-refractivity contribution in [1.29, 1.82) is 0 Å². The predicted octanol–water partition coefficient (Wildman–Crippen LogP) is 4.01. The van der Waals surface area contributed by atoms with E-state index in [4.69, 9.17) is 23.8 Å². The van der Waals surface area contributed by atoms with E-state index in [1.807, 2.05) is 18.2 Å². The monoisotopic (exact) mass is 308 g/mol. The maximum atomic E-state index is 13.6. The number of hydrogen-bond donors (Lipinski definition) is 2. The fourth-order valence-electron chi connectivity index (χ4n) is 1.72. The Kier molecular flexibility index (Phi) is 5.32. The number of halogens is 2. The number of anilines is 1. The molecule has 0 aliphatic heterocycles. The normalized spacial score (nSPS) is 10.1. The Labute approximate surface area is 128 Å². The van der Waals surface area contributed by atoms with Crippen molar-refractivity contribution in [2.75, 3.05) is 11.9 Å². The van der Waals surface area contributed by atoms with Crippen LogP contribution in [0.2, 0.25) is 5.02 Å². The second-order valence-corrected chi connectivity index (χ2v) is 5.09. The van der Waals surface area contributed by atoms with Crippen molar-refractivity contribution >= 4 is 34.6 Å². The first-order valence-corrected chi connectivity index (χ1v) is 6.97. The molecule has 2 aromatic rings. The van der Waals surface area contributed by atoms with E-state index in [1.165, 1.54) is 11.6 Å². The van der Waals surface area contributed by atoms with E-state index in [0.29, 0.717) is 22.4 Å². The lowest BCUT2D eigenvalue weighted by Gasteiger charge is -2.11. The summed E-state index contributed by atoms with van der Waals surface area (Å²) in [5.74, 6) is -0.426. The van der Waals surface area contributed by atoms with Gasteiger partial charge in [0.2, 0.25) is 0 Å². The van der Waals surface area contributed by atoms with Crippen molar-refractivity contribution in [3.05, 3.63) is 64.9 Å². The quantitative estimate of drug-likeness (QED) is 0.835. The minimum Gasteiger partial charge on any atom is -0.362 e. The third kappa shape index (κ3) is 4.47. The van der Waals surface area contributed by atoms with Crippen LogP contribution in [0.4, 0.5) is 10.1 Å². The SMILES string of the molecule is Fc1cc(Cl)ccc1NC(=S)NCCc1ccccc1. The lowest BCUT2D eigenvalue weighted by molar-refractivity contribution is 0.632. The van der Waals surface area contributed by atoms with Crippen LogP contribution in [0.3, 0.4) is 0 Å². The average Bonchev–Trinajstić information content (AvgIpc) is 2.43. The van der Waals surface area contributed by atoms with Crippen LogP contribution in [0.5, 0.6) is 0 Å². The third-order valence-electron chi connectivity index (χ3n) is 2.72. The molecule has 2 nitrogen and oxygen atoms in total. The van der Waals surface area contributed by atoms with Gasteiger partial charge in [-0.3, -0.25) is 0 Å². The van der Waals surface area contributed by atoms with E-state index in [0.717, 1.165) is 6.42 Å². The first kappa shape index (κ1) is 14.8. The zero-order valence-electron chi connectivity index (χ0n) is 10.7. The minimum absolute atomic E-state index is 0.312. The molecule has 20 heavy (non-hydrogen) atoms. The van der Waals surface area contributed by atoms with E-state index in [1.54, 1.807) is 12.1 Å². The van der Waals surface area contributed by atoms with Crippen LogP contribution >= 0.6 is 23.8 Å². The molecule has 0 atom stereocenters. The van der Waals surface area contributed by atoms with E-state index < -0.39 is 5.82 Å². The Bertz CT molecular complexity index is 590. The second kappa shape index (κ2) is 7.22. The fourth-order valence-corrected chi connectivity index (χ4v) is 2.09. The Balaban J connectivity index is 1.81. The van der Waals surface area contributed by atoms with Gasteiger partial charge in [0.1, 0.15) is 5.82 Å². The molecule has 104 valence electrons. The molecule has 0 aliphatic carbocycles. The molecule has 0 aromatic heterocycles. The summed E-state index contributed by atoms with van der Waals surface area (Å²) in [5.41, 5.74) is 1.53. The first-order valence-electron chi connectivity index (χ1n) is 6.19. The average molecular weight is 309 g/mol. The van der Waals surface area contributed by atoms with Gasteiger partial charge in [0.15, 0.2) is 5.11 Å². The van der Waals surface area contributed by atoms with Gasteiger partial charge in [-0.05, 0) is 42.4 Å². The van der Waals surface area contributed by atoms with Gasteiger partial charge >= 0.3 is 0 Å².